The third-order valence-electron chi connectivity index (χ3n) is 3.93. The van der Waals surface area contributed by atoms with Gasteiger partial charge in [-0.15, -0.1) is 0 Å². The number of benzene rings is 1. The number of aromatic nitrogens is 2. The molecule has 0 spiro atoms. The molecule has 0 unspecified atom stereocenters. The van der Waals surface area contributed by atoms with E-state index in [-0.39, 0.29) is 11.7 Å². The zero-order chi connectivity index (χ0) is 16.9. The predicted molar refractivity (Wildman–Crippen MR) is 91.4 cm³/mol. The lowest BCUT2D eigenvalue weighted by molar-refractivity contribution is -0.121. The number of hydrogen-bond acceptors (Lipinski definition) is 2. The van der Waals surface area contributed by atoms with Gasteiger partial charge in [0.1, 0.15) is 11.5 Å². The molecule has 4 nitrogen and oxygen atoms in total. The first-order valence-electron chi connectivity index (χ1n) is 8.05. The molecule has 5 heteroatoms. The summed E-state index contributed by atoms with van der Waals surface area (Å²) in [5.74, 6) is -0.263. The fraction of sp³-hybridized carbons (Fsp3) is 0.263. The normalized spacial score (nSPS) is 10.9. The van der Waals surface area contributed by atoms with Crippen molar-refractivity contribution in [3.8, 4) is 0 Å². The monoisotopic (exact) mass is 325 g/mol. The van der Waals surface area contributed by atoms with Gasteiger partial charge < -0.3 is 9.72 Å². The lowest BCUT2D eigenvalue weighted by atomic mass is 10.1. The van der Waals surface area contributed by atoms with Crippen LogP contribution < -0.4 is 5.32 Å². The molecule has 1 N–H and O–H groups in total. The summed E-state index contributed by atoms with van der Waals surface area (Å²) in [5.41, 5.74) is 3.92. The highest BCUT2D eigenvalue weighted by Crippen LogP contribution is 2.08. The van der Waals surface area contributed by atoms with Gasteiger partial charge in [0.25, 0.3) is 0 Å². The van der Waals surface area contributed by atoms with E-state index < -0.39 is 0 Å². The second-order valence-corrected chi connectivity index (χ2v) is 5.93. The lowest BCUT2D eigenvalue weighted by Crippen LogP contribution is -2.25. The van der Waals surface area contributed by atoms with Gasteiger partial charge in [-0.3, -0.25) is 4.79 Å². The molecule has 2 aromatic heterocycles. The lowest BCUT2D eigenvalue weighted by Gasteiger charge is -2.04. The Morgan fingerprint density at radius 2 is 1.92 bits per heavy atom. The molecule has 1 amide bonds. The first-order chi connectivity index (χ1) is 11.6. The number of fused-ring (bicyclic) bond motifs is 1. The Hall–Kier alpha value is -2.69. The molecule has 0 saturated heterocycles. The van der Waals surface area contributed by atoms with E-state index in [1.165, 1.54) is 17.8 Å². The molecule has 0 bridgehead atoms. The molecule has 0 aliphatic heterocycles. The van der Waals surface area contributed by atoms with Gasteiger partial charge in [-0.1, -0.05) is 29.8 Å². The maximum absolute atomic E-state index is 13.1. The fourth-order valence-corrected chi connectivity index (χ4v) is 2.57. The second-order valence-electron chi connectivity index (χ2n) is 5.93. The minimum absolute atomic E-state index is 0.0328. The van der Waals surface area contributed by atoms with Crippen molar-refractivity contribution >= 4 is 11.6 Å². The molecule has 0 atom stereocenters. The molecule has 0 fully saturated rings. The quantitative estimate of drug-likeness (QED) is 0.757. The molecule has 3 aromatic rings. The molecule has 2 heterocycles. The number of carbonyl (C=O) groups excluding carboxylic acids is 1. The van der Waals surface area contributed by atoms with E-state index in [0.29, 0.717) is 25.0 Å². The third kappa shape index (κ3) is 4.19. The van der Waals surface area contributed by atoms with Gasteiger partial charge in [-0.25, -0.2) is 9.37 Å². The Morgan fingerprint density at radius 1 is 1.12 bits per heavy atom. The van der Waals surface area contributed by atoms with Crippen molar-refractivity contribution in [1.82, 2.24) is 14.7 Å². The van der Waals surface area contributed by atoms with Crippen LogP contribution in [0, 0.1) is 12.7 Å². The van der Waals surface area contributed by atoms with Crippen LogP contribution in [-0.4, -0.2) is 21.8 Å². The molecule has 124 valence electrons. The second kappa shape index (κ2) is 7.25. The number of carbonyl (C=O) groups is 1. The number of halogens is 1. The minimum atomic E-state index is -0.296. The van der Waals surface area contributed by atoms with Crippen molar-refractivity contribution in [1.29, 1.82) is 0 Å². The van der Waals surface area contributed by atoms with Gasteiger partial charge in [0.05, 0.1) is 5.69 Å². The van der Waals surface area contributed by atoms with E-state index in [0.717, 1.165) is 17.7 Å². The Labute approximate surface area is 140 Å². The van der Waals surface area contributed by atoms with E-state index in [9.17, 15) is 9.18 Å². The molecular weight excluding hydrogens is 305 g/mol. The Balaban J connectivity index is 1.44. The first kappa shape index (κ1) is 16.2. The van der Waals surface area contributed by atoms with Crippen LogP contribution in [0.1, 0.15) is 23.2 Å². The Bertz CT molecular complexity index is 839. The van der Waals surface area contributed by atoms with E-state index >= 15 is 0 Å². The number of pyridine rings is 1. The third-order valence-corrected chi connectivity index (χ3v) is 3.93. The molecule has 1 aromatic carbocycles. The van der Waals surface area contributed by atoms with Crippen molar-refractivity contribution in [2.24, 2.45) is 0 Å². The SMILES string of the molecule is Cc1ccc(CCC(=O)NCCc2cn3cc(F)ccc3n2)cc1. The Kier molecular flexibility index (Phi) is 4.89. The average molecular weight is 325 g/mol. The van der Waals surface area contributed by atoms with Gasteiger partial charge in [-0.05, 0) is 31.0 Å². The summed E-state index contributed by atoms with van der Waals surface area (Å²) < 4.78 is 14.8. The number of nitrogens with zero attached hydrogens (tertiary/aromatic N) is 2. The molecular formula is C19H20FN3O. The highest BCUT2D eigenvalue weighted by atomic mass is 19.1. The van der Waals surface area contributed by atoms with Gasteiger partial charge in [0.2, 0.25) is 5.91 Å². The average Bonchev–Trinajstić information content (AvgIpc) is 2.96. The van der Waals surface area contributed by atoms with Crippen molar-refractivity contribution in [3.63, 3.8) is 0 Å². The molecule has 0 aliphatic rings. The van der Waals surface area contributed by atoms with Crippen LogP contribution in [0.4, 0.5) is 4.39 Å². The van der Waals surface area contributed by atoms with Crippen molar-refractivity contribution < 1.29 is 9.18 Å². The van der Waals surface area contributed by atoms with Crippen LogP contribution in [-0.2, 0) is 17.6 Å². The van der Waals surface area contributed by atoms with Crippen LogP contribution in [0.25, 0.3) is 5.65 Å². The summed E-state index contributed by atoms with van der Waals surface area (Å²) in [6.07, 6.45) is 5.02. The largest absolute Gasteiger partial charge is 0.356 e. The summed E-state index contributed by atoms with van der Waals surface area (Å²) in [7, 11) is 0. The van der Waals surface area contributed by atoms with E-state index in [1.807, 2.05) is 6.92 Å². The van der Waals surface area contributed by atoms with Crippen molar-refractivity contribution in [3.05, 3.63) is 71.4 Å². The Morgan fingerprint density at radius 3 is 2.71 bits per heavy atom. The number of rotatable bonds is 6. The first-order valence-corrected chi connectivity index (χ1v) is 8.05. The maximum atomic E-state index is 13.1. The number of aryl methyl sites for hydroxylation is 2. The topological polar surface area (TPSA) is 46.4 Å². The molecule has 24 heavy (non-hydrogen) atoms. The van der Waals surface area contributed by atoms with Crippen LogP contribution in [0.3, 0.4) is 0 Å². The zero-order valence-corrected chi connectivity index (χ0v) is 13.6. The minimum Gasteiger partial charge on any atom is -0.356 e. The zero-order valence-electron chi connectivity index (χ0n) is 13.6. The molecule has 3 rings (SSSR count). The van der Waals surface area contributed by atoms with Gasteiger partial charge in [0.15, 0.2) is 0 Å². The highest BCUT2D eigenvalue weighted by Gasteiger charge is 2.05. The maximum Gasteiger partial charge on any atom is 0.220 e. The number of hydrogen-bond donors (Lipinski definition) is 1. The number of imidazole rings is 1. The summed E-state index contributed by atoms with van der Waals surface area (Å²) in [4.78, 5) is 16.3. The van der Waals surface area contributed by atoms with E-state index in [1.54, 1.807) is 16.7 Å². The van der Waals surface area contributed by atoms with Gasteiger partial charge in [0, 0.05) is 31.8 Å². The highest BCUT2D eigenvalue weighted by molar-refractivity contribution is 5.76. The van der Waals surface area contributed by atoms with Gasteiger partial charge >= 0.3 is 0 Å². The van der Waals surface area contributed by atoms with Crippen LogP contribution >= 0.6 is 0 Å². The van der Waals surface area contributed by atoms with E-state index in [4.69, 9.17) is 0 Å². The summed E-state index contributed by atoms with van der Waals surface area (Å²) in [5, 5.41) is 2.91. The van der Waals surface area contributed by atoms with Crippen molar-refractivity contribution in [2.45, 2.75) is 26.2 Å². The standard InChI is InChI=1S/C19H20FN3O/c1-14-2-4-15(5-3-14)6-9-19(24)21-11-10-17-13-23-12-16(20)7-8-18(23)22-17/h2-5,7-8,12-13H,6,9-11H2,1H3,(H,21,24). The molecule has 0 radical (unpaired) electrons. The van der Waals surface area contributed by atoms with Crippen LogP contribution in [0.15, 0.2) is 48.8 Å². The van der Waals surface area contributed by atoms with Crippen LogP contribution in [0.2, 0.25) is 0 Å². The number of amides is 1. The number of nitrogens with one attached hydrogen (secondary N) is 1. The van der Waals surface area contributed by atoms with E-state index in [2.05, 4.69) is 34.6 Å². The van der Waals surface area contributed by atoms with Crippen LogP contribution in [0.5, 0.6) is 0 Å². The van der Waals surface area contributed by atoms with Gasteiger partial charge in [-0.2, -0.15) is 0 Å². The predicted octanol–water partition coefficient (Wildman–Crippen LogP) is 3.07. The van der Waals surface area contributed by atoms with Crippen molar-refractivity contribution in [2.75, 3.05) is 6.54 Å². The summed E-state index contributed by atoms with van der Waals surface area (Å²) >= 11 is 0. The smallest absolute Gasteiger partial charge is 0.220 e. The summed E-state index contributed by atoms with van der Waals surface area (Å²) in [6.45, 7) is 2.57. The molecule has 0 aliphatic carbocycles. The summed E-state index contributed by atoms with van der Waals surface area (Å²) in [6, 6.07) is 11.2. The fourth-order valence-electron chi connectivity index (χ4n) is 2.57. The molecule has 0 saturated carbocycles.